The van der Waals surface area contributed by atoms with E-state index in [0.29, 0.717) is 6.54 Å². The summed E-state index contributed by atoms with van der Waals surface area (Å²) in [4.78, 5) is 0. The highest BCUT2D eigenvalue weighted by molar-refractivity contribution is 6.31. The molecule has 1 atom stereocenters. The van der Waals surface area contributed by atoms with Crippen molar-refractivity contribution in [3.63, 3.8) is 0 Å². The molecule has 122 valence electrons. The van der Waals surface area contributed by atoms with E-state index in [1.807, 2.05) is 19.2 Å². The van der Waals surface area contributed by atoms with E-state index in [2.05, 4.69) is 53.9 Å². The van der Waals surface area contributed by atoms with Gasteiger partial charge < -0.3 is 10.3 Å². The standard InChI is InChI=1S/C18H23ClN4/c1-18(2,3)17-8-15(21-22-17)13(9-20)14-10-23(4)16-7-11(19)5-6-12(14)16/h5-8,10,13H,9,20H2,1-4H3,(H,21,22). The molecule has 3 rings (SSSR count). The first-order chi connectivity index (χ1) is 10.8. The summed E-state index contributed by atoms with van der Waals surface area (Å²) in [6.45, 7) is 6.99. The zero-order chi connectivity index (χ0) is 16.8. The molecule has 0 aliphatic carbocycles. The Labute approximate surface area is 141 Å². The van der Waals surface area contributed by atoms with Gasteiger partial charge >= 0.3 is 0 Å². The number of aromatic nitrogens is 3. The van der Waals surface area contributed by atoms with E-state index in [1.165, 1.54) is 10.9 Å². The van der Waals surface area contributed by atoms with Crippen molar-refractivity contribution in [2.45, 2.75) is 32.1 Å². The van der Waals surface area contributed by atoms with Crippen LogP contribution in [0.25, 0.3) is 10.9 Å². The molecule has 0 saturated heterocycles. The van der Waals surface area contributed by atoms with Crippen molar-refractivity contribution in [1.29, 1.82) is 0 Å². The van der Waals surface area contributed by atoms with Gasteiger partial charge in [-0.15, -0.1) is 0 Å². The summed E-state index contributed by atoms with van der Waals surface area (Å²) in [5, 5.41) is 9.58. The third-order valence-corrected chi connectivity index (χ3v) is 4.57. The summed E-state index contributed by atoms with van der Waals surface area (Å²) >= 11 is 6.13. The first-order valence-corrected chi connectivity index (χ1v) is 8.19. The number of rotatable bonds is 3. The third-order valence-electron chi connectivity index (χ3n) is 4.34. The molecule has 0 spiro atoms. The summed E-state index contributed by atoms with van der Waals surface area (Å²) in [7, 11) is 2.03. The lowest BCUT2D eigenvalue weighted by atomic mass is 9.90. The van der Waals surface area contributed by atoms with Gasteiger partial charge in [-0.3, -0.25) is 5.10 Å². The predicted octanol–water partition coefficient (Wildman–Crippen LogP) is 3.94. The quantitative estimate of drug-likeness (QED) is 0.764. The van der Waals surface area contributed by atoms with Crippen LogP contribution in [0.3, 0.4) is 0 Å². The fourth-order valence-electron chi connectivity index (χ4n) is 2.99. The van der Waals surface area contributed by atoms with Crippen molar-refractivity contribution in [2.75, 3.05) is 6.54 Å². The van der Waals surface area contributed by atoms with E-state index in [-0.39, 0.29) is 11.3 Å². The third kappa shape index (κ3) is 2.89. The van der Waals surface area contributed by atoms with Gasteiger partial charge in [-0.05, 0) is 23.8 Å². The summed E-state index contributed by atoms with van der Waals surface area (Å²) in [5.41, 5.74) is 10.5. The molecule has 0 radical (unpaired) electrons. The second-order valence-electron chi connectivity index (χ2n) is 7.10. The van der Waals surface area contributed by atoms with E-state index in [1.54, 1.807) is 0 Å². The number of hydrogen-bond acceptors (Lipinski definition) is 2. The summed E-state index contributed by atoms with van der Waals surface area (Å²) in [6.07, 6.45) is 2.14. The van der Waals surface area contributed by atoms with Crippen LogP contribution in [0.2, 0.25) is 5.02 Å². The van der Waals surface area contributed by atoms with Gasteiger partial charge in [0.1, 0.15) is 0 Å². The lowest BCUT2D eigenvalue weighted by molar-refractivity contribution is 0.567. The summed E-state index contributed by atoms with van der Waals surface area (Å²) in [6, 6.07) is 8.11. The number of aromatic amines is 1. The number of nitrogens with one attached hydrogen (secondary N) is 1. The molecule has 23 heavy (non-hydrogen) atoms. The first kappa shape index (κ1) is 16.1. The second kappa shape index (κ2) is 5.69. The Morgan fingerprint density at radius 2 is 2.04 bits per heavy atom. The molecular formula is C18H23ClN4. The Morgan fingerprint density at radius 1 is 1.30 bits per heavy atom. The largest absolute Gasteiger partial charge is 0.350 e. The van der Waals surface area contributed by atoms with Crippen molar-refractivity contribution in [1.82, 2.24) is 14.8 Å². The molecular weight excluding hydrogens is 308 g/mol. The average Bonchev–Trinajstić information content (AvgIpc) is 3.07. The molecule has 0 aliphatic heterocycles. The number of nitrogens with two attached hydrogens (primary N) is 1. The molecule has 0 amide bonds. The summed E-state index contributed by atoms with van der Waals surface area (Å²) in [5.74, 6) is 0.0866. The van der Waals surface area contributed by atoms with Crippen molar-refractivity contribution in [3.8, 4) is 0 Å². The topological polar surface area (TPSA) is 59.6 Å². The molecule has 1 unspecified atom stereocenters. The van der Waals surface area contributed by atoms with E-state index in [0.717, 1.165) is 21.9 Å². The number of aryl methyl sites for hydroxylation is 1. The van der Waals surface area contributed by atoms with Crippen molar-refractivity contribution < 1.29 is 0 Å². The van der Waals surface area contributed by atoms with E-state index in [9.17, 15) is 0 Å². The SMILES string of the molecule is Cn1cc(C(CN)c2cc(C(C)(C)C)n[nH]2)c2ccc(Cl)cc21. The molecule has 4 nitrogen and oxygen atoms in total. The number of fused-ring (bicyclic) bond motifs is 1. The van der Waals surface area contributed by atoms with Crippen LogP contribution in [0, 0.1) is 0 Å². The fourth-order valence-corrected chi connectivity index (χ4v) is 3.15. The molecule has 2 heterocycles. The lowest BCUT2D eigenvalue weighted by Gasteiger charge is -2.14. The van der Waals surface area contributed by atoms with Gasteiger partial charge in [-0.1, -0.05) is 38.4 Å². The van der Waals surface area contributed by atoms with Crippen LogP contribution in [0.1, 0.15) is 43.6 Å². The highest BCUT2D eigenvalue weighted by Gasteiger charge is 2.23. The Bertz CT molecular complexity index is 838. The minimum atomic E-state index is 0.0141. The average molecular weight is 331 g/mol. The van der Waals surface area contributed by atoms with Crippen LogP contribution in [-0.2, 0) is 12.5 Å². The monoisotopic (exact) mass is 330 g/mol. The predicted molar refractivity (Wildman–Crippen MR) is 96.1 cm³/mol. The van der Waals surface area contributed by atoms with Crippen LogP contribution >= 0.6 is 11.6 Å². The number of benzene rings is 1. The second-order valence-corrected chi connectivity index (χ2v) is 7.54. The van der Waals surface area contributed by atoms with Crippen LogP contribution in [-0.4, -0.2) is 21.3 Å². The number of nitrogens with zero attached hydrogens (tertiary/aromatic N) is 2. The maximum Gasteiger partial charge on any atom is 0.0678 e. The van der Waals surface area contributed by atoms with Crippen LogP contribution in [0.5, 0.6) is 0 Å². The normalized spacial score (nSPS) is 13.7. The van der Waals surface area contributed by atoms with Crippen molar-refractivity contribution in [2.24, 2.45) is 12.8 Å². The van der Waals surface area contributed by atoms with E-state index in [4.69, 9.17) is 17.3 Å². The minimum Gasteiger partial charge on any atom is -0.350 e. The molecule has 3 aromatic rings. The van der Waals surface area contributed by atoms with Gasteiger partial charge in [0.25, 0.3) is 0 Å². The van der Waals surface area contributed by atoms with Crippen LogP contribution in [0.4, 0.5) is 0 Å². The molecule has 1 aromatic carbocycles. The number of H-pyrrole nitrogens is 1. The highest BCUT2D eigenvalue weighted by Crippen LogP contribution is 2.33. The molecule has 2 aromatic heterocycles. The smallest absolute Gasteiger partial charge is 0.0678 e. The maximum absolute atomic E-state index is 6.13. The molecule has 0 saturated carbocycles. The van der Waals surface area contributed by atoms with Crippen LogP contribution in [0.15, 0.2) is 30.5 Å². The molecule has 0 bridgehead atoms. The Hall–Kier alpha value is -1.78. The molecule has 3 N–H and O–H groups in total. The molecule has 0 aliphatic rings. The van der Waals surface area contributed by atoms with Gasteiger partial charge in [0.2, 0.25) is 0 Å². The Morgan fingerprint density at radius 3 is 2.65 bits per heavy atom. The molecule has 0 fully saturated rings. The van der Waals surface area contributed by atoms with Gasteiger partial charge in [-0.2, -0.15) is 5.10 Å². The van der Waals surface area contributed by atoms with Crippen molar-refractivity contribution in [3.05, 3.63) is 52.4 Å². The summed E-state index contributed by atoms with van der Waals surface area (Å²) < 4.78 is 2.10. The lowest BCUT2D eigenvalue weighted by Crippen LogP contribution is -2.14. The number of halogens is 1. The van der Waals surface area contributed by atoms with Gasteiger partial charge in [0, 0.05) is 52.7 Å². The van der Waals surface area contributed by atoms with Gasteiger partial charge in [0.05, 0.1) is 5.69 Å². The van der Waals surface area contributed by atoms with Gasteiger partial charge in [-0.25, -0.2) is 0 Å². The van der Waals surface area contributed by atoms with Crippen molar-refractivity contribution >= 4 is 22.5 Å². The fraction of sp³-hybridized carbons (Fsp3) is 0.389. The Kier molecular flexibility index (Phi) is 3.98. The van der Waals surface area contributed by atoms with Crippen LogP contribution < -0.4 is 5.73 Å². The minimum absolute atomic E-state index is 0.0141. The Balaban J connectivity index is 2.10. The van der Waals surface area contributed by atoms with E-state index < -0.39 is 0 Å². The number of hydrogen-bond donors (Lipinski definition) is 2. The van der Waals surface area contributed by atoms with E-state index >= 15 is 0 Å². The highest BCUT2D eigenvalue weighted by atomic mass is 35.5. The zero-order valence-electron chi connectivity index (χ0n) is 14.0. The maximum atomic E-state index is 6.13. The zero-order valence-corrected chi connectivity index (χ0v) is 14.8. The van der Waals surface area contributed by atoms with Gasteiger partial charge in [0.15, 0.2) is 0 Å². The molecule has 5 heteroatoms. The first-order valence-electron chi connectivity index (χ1n) is 7.81.